The van der Waals surface area contributed by atoms with Crippen molar-refractivity contribution in [2.24, 2.45) is 5.14 Å². The van der Waals surface area contributed by atoms with Crippen LogP contribution in [-0.4, -0.2) is 20.9 Å². The highest BCUT2D eigenvalue weighted by Crippen LogP contribution is 2.21. The van der Waals surface area contributed by atoms with Crippen LogP contribution in [0.1, 0.15) is 30.0 Å². The first kappa shape index (κ1) is 19.9. The normalized spacial score (nSPS) is 11.2. The number of nitrogens with one attached hydrogen (secondary N) is 1. The second kappa shape index (κ2) is 8.33. The first-order valence-electron chi connectivity index (χ1n) is 8.36. The Bertz CT molecular complexity index is 908. The van der Waals surface area contributed by atoms with Gasteiger partial charge in [0.2, 0.25) is 15.9 Å². The maximum absolute atomic E-state index is 12.1. The molecule has 2 aromatic carbocycles. The van der Waals surface area contributed by atoms with Crippen molar-refractivity contribution in [3.8, 4) is 5.75 Å². The molecule has 2 aromatic rings. The summed E-state index contributed by atoms with van der Waals surface area (Å²) in [4.78, 5) is 12.1. The van der Waals surface area contributed by atoms with Gasteiger partial charge in [0.05, 0.1) is 17.9 Å². The second-order valence-electron chi connectivity index (χ2n) is 6.11. The number of carbonyl (C=O) groups excluding carboxylic acids is 1. The molecular weight excluding hydrogens is 352 g/mol. The van der Waals surface area contributed by atoms with E-state index in [2.05, 4.69) is 5.32 Å². The van der Waals surface area contributed by atoms with Gasteiger partial charge in [0.25, 0.3) is 0 Å². The number of hydrogen-bond donors (Lipinski definition) is 2. The zero-order valence-corrected chi connectivity index (χ0v) is 16.0. The monoisotopic (exact) mass is 376 g/mol. The van der Waals surface area contributed by atoms with Crippen LogP contribution in [0.3, 0.4) is 0 Å². The Morgan fingerprint density at radius 1 is 1.12 bits per heavy atom. The Morgan fingerprint density at radius 2 is 1.85 bits per heavy atom. The predicted octanol–water partition coefficient (Wildman–Crippen LogP) is 2.92. The molecule has 0 aromatic heterocycles. The number of amides is 1. The van der Waals surface area contributed by atoms with E-state index in [1.54, 1.807) is 12.1 Å². The van der Waals surface area contributed by atoms with Crippen LogP contribution in [0.2, 0.25) is 0 Å². The van der Waals surface area contributed by atoms with Gasteiger partial charge in [0.15, 0.2) is 0 Å². The van der Waals surface area contributed by atoms with Crippen molar-refractivity contribution in [2.45, 2.75) is 38.5 Å². The van der Waals surface area contributed by atoms with Gasteiger partial charge in [-0.2, -0.15) is 0 Å². The molecule has 0 aliphatic rings. The van der Waals surface area contributed by atoms with Crippen LogP contribution in [0.5, 0.6) is 5.75 Å². The lowest BCUT2D eigenvalue weighted by molar-refractivity contribution is -0.116. The molecule has 3 N–H and O–H groups in total. The lowest BCUT2D eigenvalue weighted by Crippen LogP contribution is -2.17. The maximum atomic E-state index is 12.1. The molecular formula is C19H24N2O4S. The molecule has 26 heavy (non-hydrogen) atoms. The molecule has 0 bridgehead atoms. The summed E-state index contributed by atoms with van der Waals surface area (Å²) in [5.41, 5.74) is 3.31. The van der Waals surface area contributed by atoms with Gasteiger partial charge in [-0.05, 0) is 61.2 Å². The van der Waals surface area contributed by atoms with Crippen molar-refractivity contribution in [1.82, 2.24) is 0 Å². The lowest BCUT2D eigenvalue weighted by Gasteiger charge is -2.11. The summed E-state index contributed by atoms with van der Waals surface area (Å²) in [5.74, 6) is 0.447. The molecule has 0 atom stereocenters. The number of carbonyl (C=O) groups is 1. The number of ether oxygens (including phenoxy) is 1. The van der Waals surface area contributed by atoms with Crippen LogP contribution in [-0.2, 0) is 21.2 Å². The van der Waals surface area contributed by atoms with E-state index in [0.717, 1.165) is 5.56 Å². The molecule has 2 rings (SSSR count). The number of anilines is 1. The van der Waals surface area contributed by atoms with Crippen molar-refractivity contribution >= 4 is 21.6 Å². The topological polar surface area (TPSA) is 98.5 Å². The van der Waals surface area contributed by atoms with E-state index in [1.807, 2.05) is 39.0 Å². The second-order valence-corrected chi connectivity index (χ2v) is 7.64. The Hall–Kier alpha value is -2.38. The Labute approximate surface area is 154 Å². The quantitative estimate of drug-likeness (QED) is 0.776. The molecule has 0 spiro atoms. The highest BCUT2D eigenvalue weighted by Gasteiger charge is 2.14. The minimum absolute atomic E-state index is 0.0316. The number of hydrogen-bond acceptors (Lipinski definition) is 4. The molecule has 1 amide bonds. The molecule has 0 saturated carbocycles. The average Bonchev–Trinajstić information content (AvgIpc) is 2.57. The summed E-state index contributed by atoms with van der Waals surface area (Å²) >= 11 is 0. The van der Waals surface area contributed by atoms with E-state index < -0.39 is 10.0 Å². The summed E-state index contributed by atoms with van der Waals surface area (Å²) in [6.45, 7) is 6.08. The van der Waals surface area contributed by atoms with Crippen LogP contribution in [0.25, 0.3) is 0 Å². The molecule has 0 radical (unpaired) electrons. The molecule has 0 aliphatic heterocycles. The van der Waals surface area contributed by atoms with Crippen LogP contribution < -0.4 is 15.2 Å². The highest BCUT2D eigenvalue weighted by molar-refractivity contribution is 7.89. The van der Waals surface area contributed by atoms with E-state index in [0.29, 0.717) is 23.4 Å². The van der Waals surface area contributed by atoms with E-state index >= 15 is 0 Å². The number of nitrogens with two attached hydrogens (primary N) is 1. The van der Waals surface area contributed by atoms with E-state index in [-0.39, 0.29) is 23.8 Å². The fraction of sp³-hybridized carbons (Fsp3) is 0.316. The molecule has 6 nitrogen and oxygen atoms in total. The molecule has 7 heteroatoms. The third-order valence-corrected chi connectivity index (χ3v) is 5.11. The Morgan fingerprint density at radius 3 is 2.46 bits per heavy atom. The van der Waals surface area contributed by atoms with Gasteiger partial charge in [-0.15, -0.1) is 0 Å². The van der Waals surface area contributed by atoms with Gasteiger partial charge in [0.1, 0.15) is 5.75 Å². The molecule has 0 heterocycles. The van der Waals surface area contributed by atoms with Gasteiger partial charge >= 0.3 is 0 Å². The minimum atomic E-state index is -3.84. The third kappa shape index (κ3) is 5.31. The number of benzene rings is 2. The van der Waals surface area contributed by atoms with E-state index in [4.69, 9.17) is 9.88 Å². The van der Waals surface area contributed by atoms with Gasteiger partial charge in [-0.1, -0.05) is 19.1 Å². The highest BCUT2D eigenvalue weighted by atomic mass is 32.2. The maximum Gasteiger partial charge on any atom is 0.238 e. The fourth-order valence-electron chi connectivity index (χ4n) is 2.48. The standard InChI is InChI=1S/C19H24N2O4S/c1-4-15-6-7-16(12-18(15)26(20,23)24)21-19(22)9-10-25-17-8-5-13(2)14(3)11-17/h5-8,11-12H,4,9-10H2,1-3H3,(H,21,22)(H2,20,23,24). The summed E-state index contributed by atoms with van der Waals surface area (Å²) in [6.07, 6.45) is 0.678. The average molecular weight is 376 g/mol. The lowest BCUT2D eigenvalue weighted by atomic mass is 10.1. The number of primary sulfonamides is 1. The Balaban J connectivity index is 1.96. The van der Waals surface area contributed by atoms with Crippen molar-refractivity contribution in [3.63, 3.8) is 0 Å². The first-order valence-corrected chi connectivity index (χ1v) is 9.91. The van der Waals surface area contributed by atoms with E-state index in [9.17, 15) is 13.2 Å². The zero-order chi connectivity index (χ0) is 19.3. The summed E-state index contributed by atoms with van der Waals surface area (Å²) in [7, 11) is -3.84. The first-order chi connectivity index (χ1) is 12.2. The van der Waals surface area contributed by atoms with Crippen molar-refractivity contribution in [2.75, 3.05) is 11.9 Å². The van der Waals surface area contributed by atoms with Gasteiger partial charge in [-0.3, -0.25) is 4.79 Å². The zero-order valence-electron chi connectivity index (χ0n) is 15.2. The van der Waals surface area contributed by atoms with Crippen molar-refractivity contribution in [1.29, 1.82) is 0 Å². The van der Waals surface area contributed by atoms with Crippen LogP contribution >= 0.6 is 0 Å². The third-order valence-electron chi connectivity index (χ3n) is 4.11. The van der Waals surface area contributed by atoms with Gasteiger partial charge < -0.3 is 10.1 Å². The van der Waals surface area contributed by atoms with Crippen molar-refractivity contribution in [3.05, 3.63) is 53.1 Å². The van der Waals surface area contributed by atoms with Gasteiger partial charge in [-0.25, -0.2) is 13.6 Å². The molecule has 140 valence electrons. The molecule has 0 aliphatic carbocycles. The number of aryl methyl sites for hydroxylation is 3. The SMILES string of the molecule is CCc1ccc(NC(=O)CCOc2ccc(C)c(C)c2)cc1S(N)(=O)=O. The summed E-state index contributed by atoms with van der Waals surface area (Å²) < 4.78 is 28.9. The van der Waals surface area contributed by atoms with Crippen LogP contribution in [0.15, 0.2) is 41.3 Å². The Kier molecular flexibility index (Phi) is 6.39. The van der Waals surface area contributed by atoms with Gasteiger partial charge in [0, 0.05) is 5.69 Å². The van der Waals surface area contributed by atoms with Crippen molar-refractivity contribution < 1.29 is 17.9 Å². The molecule has 0 saturated heterocycles. The number of rotatable bonds is 7. The molecule has 0 fully saturated rings. The van der Waals surface area contributed by atoms with E-state index in [1.165, 1.54) is 11.6 Å². The minimum Gasteiger partial charge on any atom is -0.493 e. The largest absolute Gasteiger partial charge is 0.493 e. The van der Waals surface area contributed by atoms with Crippen LogP contribution in [0.4, 0.5) is 5.69 Å². The van der Waals surface area contributed by atoms with Crippen LogP contribution in [0, 0.1) is 13.8 Å². The fourth-order valence-corrected chi connectivity index (χ4v) is 3.35. The summed E-state index contributed by atoms with van der Waals surface area (Å²) in [5, 5.41) is 7.91. The number of sulfonamides is 1. The predicted molar refractivity (Wildman–Crippen MR) is 102 cm³/mol. The molecule has 0 unspecified atom stereocenters. The summed E-state index contributed by atoms with van der Waals surface area (Å²) in [6, 6.07) is 10.5. The smallest absolute Gasteiger partial charge is 0.238 e.